The molecule has 2 amide bonds. The fourth-order valence-corrected chi connectivity index (χ4v) is 5.41. The molecule has 0 radical (unpaired) electrons. The van der Waals surface area contributed by atoms with Gasteiger partial charge in [-0.15, -0.1) is 0 Å². The van der Waals surface area contributed by atoms with Gasteiger partial charge in [0, 0.05) is 18.7 Å². The lowest BCUT2D eigenvalue weighted by Gasteiger charge is -2.26. The van der Waals surface area contributed by atoms with Crippen molar-refractivity contribution < 1.29 is 32.4 Å². The van der Waals surface area contributed by atoms with E-state index in [1.165, 1.54) is 56.7 Å². The fraction of sp³-hybridized carbons (Fsp3) is 0.259. The Morgan fingerprint density at radius 1 is 1.00 bits per heavy atom. The third-order valence-electron chi connectivity index (χ3n) is 5.83. The second-order valence-corrected chi connectivity index (χ2v) is 10.3. The lowest BCUT2D eigenvalue weighted by Crippen LogP contribution is -2.39. The SMILES string of the molecule is CCCCNC(=O)c1ccccc1NC(=O)CN(c1ccc(OC)cc1OC)S(=O)(=O)c1ccccc1[N+](=O)[O-]. The van der Waals surface area contributed by atoms with Crippen LogP contribution < -0.4 is 24.4 Å². The molecule has 0 fully saturated rings. The molecule has 0 aromatic heterocycles. The van der Waals surface area contributed by atoms with Gasteiger partial charge in [-0.05, 0) is 36.8 Å². The maximum atomic E-state index is 13.9. The molecule has 13 heteroatoms. The van der Waals surface area contributed by atoms with E-state index < -0.39 is 43.9 Å². The quantitative estimate of drug-likeness (QED) is 0.178. The molecule has 2 N–H and O–H groups in total. The minimum Gasteiger partial charge on any atom is -0.497 e. The van der Waals surface area contributed by atoms with E-state index in [4.69, 9.17) is 9.47 Å². The van der Waals surface area contributed by atoms with Crippen LogP contribution in [0.1, 0.15) is 30.1 Å². The first kappa shape index (κ1) is 29.9. The van der Waals surface area contributed by atoms with Gasteiger partial charge in [-0.1, -0.05) is 37.6 Å². The summed E-state index contributed by atoms with van der Waals surface area (Å²) < 4.78 is 39.0. The van der Waals surface area contributed by atoms with Gasteiger partial charge in [0.05, 0.1) is 36.1 Å². The number of sulfonamides is 1. The van der Waals surface area contributed by atoms with E-state index >= 15 is 0 Å². The van der Waals surface area contributed by atoms with Gasteiger partial charge in [-0.3, -0.25) is 24.0 Å². The van der Waals surface area contributed by atoms with Crippen molar-refractivity contribution in [2.24, 2.45) is 0 Å². The molecule has 3 rings (SSSR count). The fourth-order valence-electron chi connectivity index (χ4n) is 3.82. The van der Waals surface area contributed by atoms with E-state index in [2.05, 4.69) is 10.6 Å². The van der Waals surface area contributed by atoms with E-state index in [0.717, 1.165) is 25.0 Å². The summed E-state index contributed by atoms with van der Waals surface area (Å²) in [6.45, 7) is 1.65. The maximum absolute atomic E-state index is 13.9. The number of rotatable bonds is 13. The molecular weight excluding hydrogens is 540 g/mol. The van der Waals surface area contributed by atoms with Crippen LogP contribution in [-0.2, 0) is 14.8 Å². The molecule has 3 aromatic carbocycles. The summed E-state index contributed by atoms with van der Waals surface area (Å²) in [6.07, 6.45) is 1.67. The number of unbranched alkanes of at least 4 members (excludes halogenated alkanes) is 1. The lowest BCUT2D eigenvalue weighted by molar-refractivity contribution is -0.387. The van der Waals surface area contributed by atoms with Gasteiger partial charge in [0.25, 0.3) is 21.6 Å². The van der Waals surface area contributed by atoms with Crippen LogP contribution in [0.5, 0.6) is 11.5 Å². The first-order valence-electron chi connectivity index (χ1n) is 12.3. The van der Waals surface area contributed by atoms with Gasteiger partial charge in [0.15, 0.2) is 4.90 Å². The van der Waals surface area contributed by atoms with Crippen LogP contribution in [0.25, 0.3) is 0 Å². The highest BCUT2D eigenvalue weighted by Crippen LogP contribution is 2.37. The van der Waals surface area contributed by atoms with Gasteiger partial charge in [0.2, 0.25) is 5.91 Å². The molecule has 0 bridgehead atoms. The van der Waals surface area contributed by atoms with Crippen molar-refractivity contribution in [3.05, 3.63) is 82.4 Å². The molecule has 40 heavy (non-hydrogen) atoms. The zero-order valence-corrected chi connectivity index (χ0v) is 23.1. The molecular formula is C27H30N4O8S. The topological polar surface area (TPSA) is 157 Å². The number of para-hydroxylation sites is 2. The number of anilines is 2. The summed E-state index contributed by atoms with van der Waals surface area (Å²) in [7, 11) is -1.96. The van der Waals surface area contributed by atoms with Crippen LogP contribution >= 0.6 is 0 Å². The third-order valence-corrected chi connectivity index (χ3v) is 7.64. The summed E-state index contributed by atoms with van der Waals surface area (Å²) in [6, 6.07) is 15.4. The summed E-state index contributed by atoms with van der Waals surface area (Å²) in [4.78, 5) is 36.2. The number of nitro benzene ring substituents is 1. The number of carbonyl (C=O) groups excluding carboxylic acids is 2. The van der Waals surface area contributed by atoms with Crippen LogP contribution in [0.15, 0.2) is 71.6 Å². The molecule has 0 atom stereocenters. The van der Waals surface area contributed by atoms with Crippen molar-refractivity contribution in [1.82, 2.24) is 5.32 Å². The number of benzene rings is 3. The van der Waals surface area contributed by atoms with Crippen molar-refractivity contribution in [1.29, 1.82) is 0 Å². The van der Waals surface area contributed by atoms with Gasteiger partial charge in [0.1, 0.15) is 18.0 Å². The van der Waals surface area contributed by atoms with Crippen LogP contribution in [0.3, 0.4) is 0 Å². The monoisotopic (exact) mass is 570 g/mol. The minimum absolute atomic E-state index is 0.0463. The Balaban J connectivity index is 2.04. The molecule has 0 heterocycles. The average molecular weight is 571 g/mol. The molecule has 0 spiro atoms. The number of nitrogens with zero attached hydrogens (tertiary/aromatic N) is 2. The highest BCUT2D eigenvalue weighted by Gasteiger charge is 2.35. The van der Waals surface area contributed by atoms with Crippen LogP contribution in [-0.4, -0.2) is 52.5 Å². The number of carbonyl (C=O) groups is 2. The zero-order valence-electron chi connectivity index (χ0n) is 22.2. The number of ether oxygens (including phenoxy) is 2. The van der Waals surface area contributed by atoms with Gasteiger partial charge < -0.3 is 20.1 Å². The molecule has 0 aliphatic carbocycles. The van der Waals surface area contributed by atoms with Crippen LogP contribution in [0.4, 0.5) is 17.1 Å². The van der Waals surface area contributed by atoms with E-state index in [0.29, 0.717) is 16.6 Å². The van der Waals surface area contributed by atoms with Gasteiger partial charge in [-0.25, -0.2) is 8.42 Å². The normalized spacial score (nSPS) is 10.9. The van der Waals surface area contributed by atoms with Crippen molar-refractivity contribution in [2.75, 3.05) is 36.9 Å². The van der Waals surface area contributed by atoms with E-state index in [1.807, 2.05) is 6.92 Å². The molecule has 212 valence electrons. The van der Waals surface area contributed by atoms with Gasteiger partial charge in [-0.2, -0.15) is 0 Å². The van der Waals surface area contributed by atoms with Crippen molar-refractivity contribution in [2.45, 2.75) is 24.7 Å². The van der Waals surface area contributed by atoms with Crippen LogP contribution in [0.2, 0.25) is 0 Å². The molecule has 0 aliphatic rings. The average Bonchev–Trinajstić information content (AvgIpc) is 2.95. The van der Waals surface area contributed by atoms with Crippen LogP contribution in [0, 0.1) is 10.1 Å². The Kier molecular flexibility index (Phi) is 10.0. The predicted molar refractivity (Wildman–Crippen MR) is 149 cm³/mol. The Labute approximate surface area is 232 Å². The van der Waals surface area contributed by atoms with Crippen molar-refractivity contribution >= 4 is 38.9 Å². The highest BCUT2D eigenvalue weighted by molar-refractivity contribution is 7.93. The molecule has 0 saturated heterocycles. The summed E-state index contributed by atoms with van der Waals surface area (Å²) in [5.74, 6) is -0.791. The third kappa shape index (κ3) is 6.86. The number of nitrogens with one attached hydrogen (secondary N) is 2. The summed E-state index contributed by atoms with van der Waals surface area (Å²) in [5, 5.41) is 17.0. The second-order valence-electron chi connectivity index (χ2n) is 8.48. The summed E-state index contributed by atoms with van der Waals surface area (Å²) in [5.41, 5.74) is -0.343. The predicted octanol–water partition coefficient (Wildman–Crippen LogP) is 3.98. The largest absolute Gasteiger partial charge is 0.497 e. The molecule has 12 nitrogen and oxygen atoms in total. The van der Waals surface area contributed by atoms with E-state index in [1.54, 1.807) is 12.1 Å². The van der Waals surface area contributed by atoms with Crippen molar-refractivity contribution in [3.63, 3.8) is 0 Å². The second kappa shape index (κ2) is 13.4. The maximum Gasteiger partial charge on any atom is 0.289 e. The standard InChI is InChI=1S/C27H30N4O8S/c1-4-5-16-28-27(33)20-10-6-7-11-21(20)29-26(32)18-30(22-15-14-19(38-2)17-24(22)39-3)40(36,37)25-13-9-8-12-23(25)31(34)35/h6-15,17H,4-5,16,18H2,1-3H3,(H,28,33)(H,29,32). The summed E-state index contributed by atoms with van der Waals surface area (Å²) >= 11 is 0. The molecule has 0 saturated carbocycles. The van der Waals surface area contributed by atoms with Crippen molar-refractivity contribution in [3.8, 4) is 11.5 Å². The number of hydrogen-bond donors (Lipinski definition) is 2. The number of hydrogen-bond acceptors (Lipinski definition) is 8. The Hall–Kier alpha value is -4.65. The van der Waals surface area contributed by atoms with E-state index in [-0.39, 0.29) is 22.7 Å². The minimum atomic E-state index is -4.68. The molecule has 3 aromatic rings. The zero-order chi connectivity index (χ0) is 29.3. The number of nitro groups is 1. The number of amides is 2. The first-order chi connectivity index (χ1) is 19.1. The first-order valence-corrected chi connectivity index (χ1v) is 13.7. The lowest BCUT2D eigenvalue weighted by atomic mass is 10.1. The Morgan fingerprint density at radius 2 is 1.70 bits per heavy atom. The number of methoxy groups -OCH3 is 2. The smallest absolute Gasteiger partial charge is 0.289 e. The van der Waals surface area contributed by atoms with E-state index in [9.17, 15) is 28.1 Å². The Morgan fingerprint density at radius 3 is 2.38 bits per heavy atom. The Bertz CT molecular complexity index is 1490. The molecule has 0 aliphatic heterocycles. The van der Waals surface area contributed by atoms with Gasteiger partial charge >= 0.3 is 0 Å². The molecule has 0 unspecified atom stereocenters. The highest BCUT2D eigenvalue weighted by atomic mass is 32.2.